The maximum atomic E-state index is 11.7. The second-order valence-corrected chi connectivity index (χ2v) is 4.88. The summed E-state index contributed by atoms with van der Waals surface area (Å²) in [6, 6.07) is 9.12. The van der Waals surface area contributed by atoms with Crippen molar-refractivity contribution in [3.8, 4) is 0 Å². The van der Waals surface area contributed by atoms with Gasteiger partial charge in [0.2, 0.25) is 0 Å². The first-order chi connectivity index (χ1) is 10.1. The molecule has 2 aromatic rings. The molecule has 1 aromatic heterocycles. The molecule has 2 N–H and O–H groups in total. The van der Waals surface area contributed by atoms with Crippen molar-refractivity contribution < 1.29 is 4.79 Å². The fraction of sp³-hybridized carbons (Fsp3) is 0.125. The Kier molecular flexibility index (Phi) is 4.95. The van der Waals surface area contributed by atoms with Crippen LogP contribution < -0.4 is 10.6 Å². The Morgan fingerprint density at radius 1 is 1.38 bits per heavy atom. The monoisotopic (exact) mass is 301 g/mol. The number of hydrogen-bond donors (Lipinski definition) is 2. The number of nitrogens with one attached hydrogen (secondary N) is 2. The van der Waals surface area contributed by atoms with E-state index in [4.69, 9.17) is 11.6 Å². The SMILES string of the molecule is C=CCNC(=O)c1ccc(Nc2cccc(Cl)c2C)cn1. The van der Waals surface area contributed by atoms with E-state index in [2.05, 4.69) is 22.2 Å². The molecule has 0 saturated carbocycles. The highest BCUT2D eigenvalue weighted by Gasteiger charge is 2.06. The summed E-state index contributed by atoms with van der Waals surface area (Å²) in [7, 11) is 0. The molecule has 0 aliphatic carbocycles. The van der Waals surface area contributed by atoms with Crippen molar-refractivity contribution in [2.75, 3.05) is 11.9 Å². The predicted molar refractivity (Wildman–Crippen MR) is 86.2 cm³/mol. The average Bonchev–Trinajstić information content (AvgIpc) is 2.50. The van der Waals surface area contributed by atoms with Crippen molar-refractivity contribution in [3.05, 3.63) is 65.5 Å². The van der Waals surface area contributed by atoms with E-state index in [-0.39, 0.29) is 5.91 Å². The van der Waals surface area contributed by atoms with Crippen LogP contribution in [0.4, 0.5) is 11.4 Å². The van der Waals surface area contributed by atoms with Gasteiger partial charge in [-0.25, -0.2) is 4.98 Å². The summed E-state index contributed by atoms with van der Waals surface area (Å²) in [6.45, 7) is 5.91. The molecule has 0 fully saturated rings. The third-order valence-electron chi connectivity index (χ3n) is 2.95. The summed E-state index contributed by atoms with van der Waals surface area (Å²) in [5.74, 6) is -0.222. The van der Waals surface area contributed by atoms with Crippen LogP contribution in [0.3, 0.4) is 0 Å². The number of benzene rings is 1. The molecule has 0 unspecified atom stereocenters. The Hall–Kier alpha value is -2.33. The van der Waals surface area contributed by atoms with Crippen LogP contribution >= 0.6 is 11.6 Å². The first-order valence-electron chi connectivity index (χ1n) is 6.49. The van der Waals surface area contributed by atoms with Crippen LogP contribution in [-0.2, 0) is 0 Å². The largest absolute Gasteiger partial charge is 0.354 e. The zero-order valence-electron chi connectivity index (χ0n) is 11.7. The second kappa shape index (κ2) is 6.90. The molecule has 0 atom stereocenters. The fourth-order valence-electron chi connectivity index (χ4n) is 1.76. The van der Waals surface area contributed by atoms with Gasteiger partial charge in [0.05, 0.1) is 11.9 Å². The molecule has 0 radical (unpaired) electrons. The lowest BCUT2D eigenvalue weighted by molar-refractivity contribution is 0.0953. The number of nitrogens with zero attached hydrogens (tertiary/aromatic N) is 1. The minimum absolute atomic E-state index is 0.222. The van der Waals surface area contributed by atoms with Gasteiger partial charge in [-0.15, -0.1) is 6.58 Å². The van der Waals surface area contributed by atoms with Crippen LogP contribution in [0.25, 0.3) is 0 Å². The normalized spacial score (nSPS) is 10.0. The van der Waals surface area contributed by atoms with Crippen molar-refractivity contribution in [2.45, 2.75) is 6.92 Å². The van der Waals surface area contributed by atoms with Gasteiger partial charge in [0, 0.05) is 17.3 Å². The Labute approximate surface area is 128 Å². The number of hydrogen-bond acceptors (Lipinski definition) is 3. The quantitative estimate of drug-likeness (QED) is 0.828. The molecule has 21 heavy (non-hydrogen) atoms. The highest BCUT2D eigenvalue weighted by molar-refractivity contribution is 6.31. The minimum Gasteiger partial charge on any atom is -0.354 e. The number of aromatic nitrogens is 1. The van der Waals surface area contributed by atoms with Gasteiger partial charge in [-0.2, -0.15) is 0 Å². The zero-order valence-corrected chi connectivity index (χ0v) is 12.4. The lowest BCUT2D eigenvalue weighted by Crippen LogP contribution is -2.24. The van der Waals surface area contributed by atoms with Crippen LogP contribution in [-0.4, -0.2) is 17.4 Å². The maximum absolute atomic E-state index is 11.7. The van der Waals surface area contributed by atoms with E-state index in [1.807, 2.05) is 25.1 Å². The van der Waals surface area contributed by atoms with Crippen molar-refractivity contribution in [2.24, 2.45) is 0 Å². The van der Waals surface area contributed by atoms with Crippen molar-refractivity contribution in [1.29, 1.82) is 0 Å². The molecule has 1 aromatic carbocycles. The number of carbonyl (C=O) groups is 1. The molecule has 0 aliphatic rings. The number of carbonyl (C=O) groups excluding carboxylic acids is 1. The Morgan fingerprint density at radius 2 is 2.19 bits per heavy atom. The molecule has 4 nitrogen and oxygen atoms in total. The van der Waals surface area contributed by atoms with Gasteiger partial charge < -0.3 is 10.6 Å². The van der Waals surface area contributed by atoms with E-state index in [1.165, 1.54) is 0 Å². The summed E-state index contributed by atoms with van der Waals surface area (Å²) in [6.07, 6.45) is 3.24. The van der Waals surface area contributed by atoms with Gasteiger partial charge in [-0.3, -0.25) is 4.79 Å². The molecule has 0 saturated heterocycles. The first-order valence-corrected chi connectivity index (χ1v) is 6.87. The van der Waals surface area contributed by atoms with Gasteiger partial charge in [0.1, 0.15) is 5.69 Å². The van der Waals surface area contributed by atoms with E-state index >= 15 is 0 Å². The highest BCUT2D eigenvalue weighted by Crippen LogP contribution is 2.25. The summed E-state index contributed by atoms with van der Waals surface area (Å²) in [4.78, 5) is 15.9. The molecule has 1 heterocycles. The van der Waals surface area contributed by atoms with Gasteiger partial charge in [-0.05, 0) is 36.8 Å². The number of amides is 1. The molecule has 5 heteroatoms. The maximum Gasteiger partial charge on any atom is 0.270 e. The molecule has 2 rings (SSSR count). The summed E-state index contributed by atoms with van der Waals surface area (Å²) >= 11 is 6.08. The van der Waals surface area contributed by atoms with E-state index in [0.29, 0.717) is 17.3 Å². The molecular formula is C16H16ClN3O. The van der Waals surface area contributed by atoms with Gasteiger partial charge >= 0.3 is 0 Å². The standard InChI is InChI=1S/C16H16ClN3O/c1-3-9-18-16(21)15-8-7-12(10-19-15)20-14-6-4-5-13(17)11(14)2/h3-8,10,20H,1,9H2,2H3,(H,18,21). The van der Waals surface area contributed by atoms with Crippen molar-refractivity contribution >= 4 is 28.9 Å². The lowest BCUT2D eigenvalue weighted by Gasteiger charge is -2.10. The molecule has 0 bridgehead atoms. The summed E-state index contributed by atoms with van der Waals surface area (Å²) in [5, 5.41) is 6.61. The van der Waals surface area contributed by atoms with Crippen molar-refractivity contribution in [3.63, 3.8) is 0 Å². The Morgan fingerprint density at radius 3 is 2.86 bits per heavy atom. The predicted octanol–water partition coefficient (Wildman–Crippen LogP) is 3.70. The zero-order chi connectivity index (χ0) is 15.2. The molecular weight excluding hydrogens is 286 g/mol. The topological polar surface area (TPSA) is 54.0 Å². The number of rotatable bonds is 5. The molecule has 0 spiro atoms. The van der Waals surface area contributed by atoms with Crippen LogP contribution in [0.5, 0.6) is 0 Å². The summed E-state index contributed by atoms with van der Waals surface area (Å²) < 4.78 is 0. The molecule has 108 valence electrons. The first kappa shape index (κ1) is 15.1. The van der Waals surface area contributed by atoms with Crippen LogP contribution in [0.1, 0.15) is 16.1 Å². The second-order valence-electron chi connectivity index (χ2n) is 4.47. The lowest BCUT2D eigenvalue weighted by atomic mass is 10.2. The highest BCUT2D eigenvalue weighted by atomic mass is 35.5. The van der Waals surface area contributed by atoms with Gasteiger partial charge in [0.15, 0.2) is 0 Å². The number of halogens is 1. The Bertz CT molecular complexity index is 653. The minimum atomic E-state index is -0.222. The average molecular weight is 302 g/mol. The van der Waals surface area contributed by atoms with E-state index in [9.17, 15) is 4.79 Å². The van der Waals surface area contributed by atoms with Crippen LogP contribution in [0.15, 0.2) is 49.2 Å². The van der Waals surface area contributed by atoms with Gasteiger partial charge in [0.25, 0.3) is 5.91 Å². The summed E-state index contributed by atoms with van der Waals surface area (Å²) in [5.41, 5.74) is 3.03. The van der Waals surface area contributed by atoms with Crippen LogP contribution in [0.2, 0.25) is 5.02 Å². The van der Waals surface area contributed by atoms with Crippen LogP contribution in [0, 0.1) is 6.92 Å². The van der Waals surface area contributed by atoms with Gasteiger partial charge in [-0.1, -0.05) is 23.7 Å². The van der Waals surface area contributed by atoms with E-state index in [0.717, 1.165) is 16.9 Å². The van der Waals surface area contributed by atoms with E-state index in [1.54, 1.807) is 24.4 Å². The smallest absolute Gasteiger partial charge is 0.270 e. The number of anilines is 2. The number of pyridine rings is 1. The molecule has 0 aliphatic heterocycles. The third-order valence-corrected chi connectivity index (χ3v) is 3.36. The molecule has 1 amide bonds. The van der Waals surface area contributed by atoms with Crippen molar-refractivity contribution in [1.82, 2.24) is 10.3 Å². The third kappa shape index (κ3) is 3.83. The van der Waals surface area contributed by atoms with E-state index < -0.39 is 0 Å². The fourth-order valence-corrected chi connectivity index (χ4v) is 1.93. The Balaban J connectivity index is 2.10.